The van der Waals surface area contributed by atoms with Gasteiger partial charge in [0.1, 0.15) is 0 Å². The van der Waals surface area contributed by atoms with Gasteiger partial charge in [-0.15, -0.1) is 6.58 Å². The van der Waals surface area contributed by atoms with Crippen LogP contribution < -0.4 is 0 Å². The Balaban J connectivity index is 2.83. The van der Waals surface area contributed by atoms with E-state index in [1.54, 1.807) is 0 Å². The third kappa shape index (κ3) is 2.30. The maximum atomic E-state index is 10.8. The Hall–Kier alpha value is -0.820. The van der Waals surface area contributed by atoms with Gasteiger partial charge in [-0.1, -0.05) is 45.6 Å². The van der Waals surface area contributed by atoms with Crippen molar-refractivity contribution in [2.24, 2.45) is 11.3 Å². The quantitative estimate of drug-likeness (QED) is 0.713. The molecule has 0 aromatic carbocycles. The van der Waals surface area contributed by atoms with Crippen LogP contribution in [0.4, 0.5) is 0 Å². The van der Waals surface area contributed by atoms with E-state index >= 15 is 0 Å². The van der Waals surface area contributed by atoms with E-state index in [4.69, 9.17) is 0 Å². The lowest BCUT2D eigenvalue weighted by atomic mass is 9.64. The molecule has 0 bridgehead atoms. The van der Waals surface area contributed by atoms with Gasteiger partial charge in [-0.3, -0.25) is 0 Å². The Morgan fingerprint density at radius 2 is 2.19 bits per heavy atom. The zero-order chi connectivity index (χ0) is 12.4. The van der Waals surface area contributed by atoms with Gasteiger partial charge in [-0.2, -0.15) is 0 Å². The van der Waals surface area contributed by atoms with Crippen molar-refractivity contribution < 1.29 is 5.11 Å². The Morgan fingerprint density at radius 1 is 1.56 bits per heavy atom. The summed E-state index contributed by atoms with van der Waals surface area (Å²) in [6.45, 7) is 14.1. The highest BCUT2D eigenvalue weighted by atomic mass is 16.3. The largest absolute Gasteiger partial charge is 0.385 e. The molecule has 0 heterocycles. The highest BCUT2D eigenvalue weighted by Crippen LogP contribution is 2.45. The molecule has 0 fully saturated rings. The molecular weight excluding hydrogens is 196 g/mol. The Labute approximate surface area is 99.6 Å². The molecule has 1 N–H and O–H groups in total. The van der Waals surface area contributed by atoms with Crippen molar-refractivity contribution in [2.45, 2.75) is 45.6 Å². The van der Waals surface area contributed by atoms with Crippen molar-refractivity contribution >= 4 is 0 Å². The molecule has 0 saturated heterocycles. The van der Waals surface area contributed by atoms with E-state index in [1.807, 2.05) is 6.08 Å². The molecule has 1 rings (SSSR count). The van der Waals surface area contributed by atoms with Crippen LogP contribution in [0.25, 0.3) is 0 Å². The first kappa shape index (κ1) is 13.2. The van der Waals surface area contributed by atoms with Crippen LogP contribution in [0.2, 0.25) is 0 Å². The van der Waals surface area contributed by atoms with Crippen molar-refractivity contribution in [2.75, 3.05) is 0 Å². The number of allylic oxidation sites excluding steroid dienone is 2. The Morgan fingerprint density at radius 3 is 2.69 bits per heavy atom. The second kappa shape index (κ2) is 4.58. The topological polar surface area (TPSA) is 20.2 Å². The fourth-order valence-corrected chi connectivity index (χ4v) is 2.31. The molecule has 0 aromatic rings. The standard InChI is InChI=1S/C15H24O/c1-6-12(2)9-11-15(16)13(3)8-7-10-14(15,4)5/h6-7,10,12,16H,1,3,8-9,11H2,2,4-5H3. The van der Waals surface area contributed by atoms with Crippen LogP contribution in [0.15, 0.2) is 37.0 Å². The molecule has 2 unspecified atom stereocenters. The summed E-state index contributed by atoms with van der Waals surface area (Å²) in [5.74, 6) is 0.443. The number of hydrogen-bond donors (Lipinski definition) is 1. The second-order valence-corrected chi connectivity index (χ2v) is 5.54. The number of aliphatic hydroxyl groups is 1. The average Bonchev–Trinajstić information content (AvgIpc) is 2.22. The number of hydrogen-bond acceptors (Lipinski definition) is 1. The summed E-state index contributed by atoms with van der Waals surface area (Å²) in [5.41, 5.74) is -0.0429. The van der Waals surface area contributed by atoms with Gasteiger partial charge in [0.25, 0.3) is 0 Å². The van der Waals surface area contributed by atoms with Crippen molar-refractivity contribution in [3.8, 4) is 0 Å². The van der Waals surface area contributed by atoms with Crippen LogP contribution in [0.1, 0.15) is 40.0 Å². The molecule has 1 nitrogen and oxygen atoms in total. The summed E-state index contributed by atoms with van der Waals surface area (Å²) in [4.78, 5) is 0. The van der Waals surface area contributed by atoms with Crippen molar-refractivity contribution in [3.05, 3.63) is 37.0 Å². The van der Waals surface area contributed by atoms with E-state index in [0.717, 1.165) is 24.8 Å². The smallest absolute Gasteiger partial charge is 0.0942 e. The van der Waals surface area contributed by atoms with Crippen LogP contribution in [0, 0.1) is 11.3 Å². The second-order valence-electron chi connectivity index (χ2n) is 5.54. The molecule has 0 aromatic heterocycles. The molecule has 2 atom stereocenters. The van der Waals surface area contributed by atoms with Crippen molar-refractivity contribution in [3.63, 3.8) is 0 Å². The van der Waals surface area contributed by atoms with Gasteiger partial charge < -0.3 is 5.11 Å². The molecule has 90 valence electrons. The Bertz CT molecular complexity index is 311. The van der Waals surface area contributed by atoms with E-state index in [1.165, 1.54) is 0 Å². The highest BCUT2D eigenvalue weighted by Gasteiger charge is 2.44. The van der Waals surface area contributed by atoms with Crippen molar-refractivity contribution in [1.29, 1.82) is 0 Å². The van der Waals surface area contributed by atoms with Gasteiger partial charge in [0, 0.05) is 5.41 Å². The lowest BCUT2D eigenvalue weighted by Crippen LogP contribution is -2.46. The van der Waals surface area contributed by atoms with E-state index in [0.29, 0.717) is 5.92 Å². The predicted octanol–water partition coefficient (Wildman–Crippen LogP) is 3.86. The normalized spacial score (nSPS) is 30.1. The van der Waals surface area contributed by atoms with E-state index in [2.05, 4.69) is 46.1 Å². The van der Waals surface area contributed by atoms with Crippen molar-refractivity contribution in [1.82, 2.24) is 0 Å². The fourth-order valence-electron chi connectivity index (χ4n) is 2.31. The minimum Gasteiger partial charge on any atom is -0.385 e. The fraction of sp³-hybridized carbons (Fsp3) is 0.600. The summed E-state index contributed by atoms with van der Waals surface area (Å²) < 4.78 is 0. The molecule has 0 spiro atoms. The molecule has 0 aliphatic heterocycles. The van der Waals surface area contributed by atoms with Crippen LogP contribution in [-0.2, 0) is 0 Å². The molecule has 16 heavy (non-hydrogen) atoms. The first-order chi connectivity index (χ1) is 7.33. The van der Waals surface area contributed by atoms with Gasteiger partial charge in [-0.05, 0) is 30.8 Å². The molecular formula is C15H24O. The first-order valence-corrected chi connectivity index (χ1v) is 6.04. The van der Waals surface area contributed by atoms with Gasteiger partial charge in [0.05, 0.1) is 5.60 Å². The minimum absolute atomic E-state index is 0.219. The lowest BCUT2D eigenvalue weighted by Gasteiger charge is -2.45. The van der Waals surface area contributed by atoms with Gasteiger partial charge in [0.15, 0.2) is 0 Å². The summed E-state index contributed by atoms with van der Waals surface area (Å²) >= 11 is 0. The predicted molar refractivity (Wildman–Crippen MR) is 70.2 cm³/mol. The molecule has 0 amide bonds. The minimum atomic E-state index is -0.765. The van der Waals surface area contributed by atoms with Crippen LogP contribution in [-0.4, -0.2) is 10.7 Å². The first-order valence-electron chi connectivity index (χ1n) is 6.04. The highest BCUT2D eigenvalue weighted by molar-refractivity contribution is 5.29. The van der Waals surface area contributed by atoms with Crippen LogP contribution in [0.5, 0.6) is 0 Å². The molecule has 0 radical (unpaired) electrons. The van der Waals surface area contributed by atoms with E-state index in [9.17, 15) is 5.11 Å². The number of rotatable bonds is 4. The van der Waals surface area contributed by atoms with Gasteiger partial charge in [0.2, 0.25) is 0 Å². The average molecular weight is 220 g/mol. The van der Waals surface area contributed by atoms with Crippen LogP contribution in [0.3, 0.4) is 0 Å². The third-order valence-electron chi connectivity index (χ3n) is 3.91. The van der Waals surface area contributed by atoms with Gasteiger partial charge in [-0.25, -0.2) is 0 Å². The van der Waals surface area contributed by atoms with E-state index in [-0.39, 0.29) is 5.41 Å². The molecule has 1 heteroatoms. The maximum absolute atomic E-state index is 10.8. The van der Waals surface area contributed by atoms with E-state index < -0.39 is 5.60 Å². The molecule has 1 aliphatic carbocycles. The van der Waals surface area contributed by atoms with Gasteiger partial charge >= 0.3 is 0 Å². The third-order valence-corrected chi connectivity index (χ3v) is 3.91. The summed E-state index contributed by atoms with van der Waals surface area (Å²) in [6, 6.07) is 0. The zero-order valence-corrected chi connectivity index (χ0v) is 10.8. The summed E-state index contributed by atoms with van der Waals surface area (Å²) in [5, 5.41) is 10.8. The molecule has 1 aliphatic rings. The molecule has 0 saturated carbocycles. The summed E-state index contributed by atoms with van der Waals surface area (Å²) in [6.07, 6.45) is 8.67. The monoisotopic (exact) mass is 220 g/mol. The Kier molecular flexibility index (Phi) is 3.80. The zero-order valence-electron chi connectivity index (χ0n) is 10.8. The van der Waals surface area contributed by atoms with Crippen LogP contribution >= 0.6 is 0 Å². The maximum Gasteiger partial charge on any atom is 0.0942 e. The SMILES string of the molecule is C=CC(C)CCC1(O)C(=C)CC=CC1(C)C. The lowest BCUT2D eigenvalue weighted by molar-refractivity contribution is -0.0237. The summed E-state index contributed by atoms with van der Waals surface area (Å²) in [7, 11) is 0.